The fraction of sp³-hybridized carbons (Fsp3) is 0.500. The standard InChI is InChI=1S/C14H21N3O2S/c1-11-9-14(6-5-13(11)10-15)20(18,19)16-12(2)7-8-17(3)4/h5-6,9,12,16H,7-8H2,1-4H3. The summed E-state index contributed by atoms with van der Waals surface area (Å²) < 4.78 is 27.1. The first kappa shape index (κ1) is 16.6. The van der Waals surface area contributed by atoms with Crippen LogP contribution in [0.2, 0.25) is 0 Å². The topological polar surface area (TPSA) is 73.2 Å². The summed E-state index contributed by atoms with van der Waals surface area (Å²) in [4.78, 5) is 2.21. The Balaban J connectivity index is 2.84. The number of benzene rings is 1. The zero-order chi connectivity index (χ0) is 15.3. The molecule has 1 rings (SSSR count). The third-order valence-corrected chi connectivity index (χ3v) is 4.58. The van der Waals surface area contributed by atoms with Gasteiger partial charge in [-0.2, -0.15) is 5.26 Å². The highest BCUT2D eigenvalue weighted by atomic mass is 32.2. The average molecular weight is 295 g/mol. The lowest BCUT2D eigenvalue weighted by Gasteiger charge is -2.17. The van der Waals surface area contributed by atoms with Gasteiger partial charge in [-0.15, -0.1) is 0 Å². The Kier molecular flexibility index (Phi) is 5.69. The van der Waals surface area contributed by atoms with Gasteiger partial charge in [0.2, 0.25) is 10.0 Å². The minimum Gasteiger partial charge on any atom is -0.309 e. The summed E-state index contributed by atoms with van der Waals surface area (Å²) in [6.07, 6.45) is 0.738. The first-order valence-electron chi connectivity index (χ1n) is 6.44. The molecule has 0 spiro atoms. The van der Waals surface area contributed by atoms with Gasteiger partial charge in [0.1, 0.15) is 0 Å². The Morgan fingerprint density at radius 3 is 2.55 bits per heavy atom. The van der Waals surface area contributed by atoms with Crippen molar-refractivity contribution in [1.29, 1.82) is 5.26 Å². The van der Waals surface area contributed by atoms with Crippen LogP contribution in [-0.4, -0.2) is 40.0 Å². The molecule has 0 amide bonds. The fourth-order valence-electron chi connectivity index (χ4n) is 1.77. The van der Waals surface area contributed by atoms with Crippen molar-refractivity contribution >= 4 is 10.0 Å². The van der Waals surface area contributed by atoms with Gasteiger partial charge in [0.05, 0.1) is 16.5 Å². The molecule has 1 aromatic rings. The zero-order valence-corrected chi connectivity index (χ0v) is 13.2. The van der Waals surface area contributed by atoms with Crippen molar-refractivity contribution in [2.24, 2.45) is 0 Å². The van der Waals surface area contributed by atoms with Crippen molar-refractivity contribution in [1.82, 2.24) is 9.62 Å². The average Bonchev–Trinajstić information content (AvgIpc) is 2.35. The van der Waals surface area contributed by atoms with E-state index in [4.69, 9.17) is 5.26 Å². The number of hydrogen-bond acceptors (Lipinski definition) is 4. The summed E-state index contributed by atoms with van der Waals surface area (Å²) in [5, 5.41) is 8.86. The highest BCUT2D eigenvalue weighted by Gasteiger charge is 2.18. The van der Waals surface area contributed by atoms with Gasteiger partial charge in [-0.05, 0) is 64.7 Å². The number of sulfonamides is 1. The third-order valence-electron chi connectivity index (χ3n) is 2.99. The molecule has 1 N–H and O–H groups in total. The first-order chi connectivity index (χ1) is 9.26. The second-order valence-electron chi connectivity index (χ2n) is 5.20. The molecule has 0 radical (unpaired) electrons. The molecular formula is C14H21N3O2S. The summed E-state index contributed by atoms with van der Waals surface area (Å²) in [5.74, 6) is 0. The molecule has 1 unspecified atom stereocenters. The molecular weight excluding hydrogens is 274 g/mol. The Labute approximate surface area is 121 Å². The van der Waals surface area contributed by atoms with E-state index in [2.05, 4.69) is 4.72 Å². The lowest BCUT2D eigenvalue weighted by molar-refractivity contribution is 0.379. The van der Waals surface area contributed by atoms with Crippen LogP contribution in [0, 0.1) is 18.3 Å². The summed E-state index contributed by atoms with van der Waals surface area (Å²) in [5.41, 5.74) is 1.15. The van der Waals surface area contributed by atoms with Gasteiger partial charge < -0.3 is 4.90 Å². The summed E-state index contributed by atoms with van der Waals surface area (Å²) in [6, 6.07) is 6.41. The highest BCUT2D eigenvalue weighted by molar-refractivity contribution is 7.89. The lowest BCUT2D eigenvalue weighted by Crippen LogP contribution is -2.34. The van der Waals surface area contributed by atoms with Crippen molar-refractivity contribution in [3.05, 3.63) is 29.3 Å². The minimum absolute atomic E-state index is 0.140. The van der Waals surface area contributed by atoms with Gasteiger partial charge in [-0.1, -0.05) is 0 Å². The van der Waals surface area contributed by atoms with Crippen LogP contribution < -0.4 is 4.72 Å². The molecule has 110 valence electrons. The van der Waals surface area contributed by atoms with E-state index in [0.717, 1.165) is 13.0 Å². The molecule has 1 atom stereocenters. The molecule has 0 aliphatic heterocycles. The summed E-state index contributed by atoms with van der Waals surface area (Å²) >= 11 is 0. The minimum atomic E-state index is -3.53. The largest absolute Gasteiger partial charge is 0.309 e. The Morgan fingerprint density at radius 2 is 2.05 bits per heavy atom. The van der Waals surface area contributed by atoms with E-state index in [-0.39, 0.29) is 10.9 Å². The van der Waals surface area contributed by atoms with Crippen molar-refractivity contribution < 1.29 is 8.42 Å². The molecule has 1 aromatic carbocycles. The highest BCUT2D eigenvalue weighted by Crippen LogP contribution is 2.15. The predicted molar refractivity (Wildman–Crippen MR) is 78.8 cm³/mol. The smallest absolute Gasteiger partial charge is 0.240 e. The van der Waals surface area contributed by atoms with Crippen LogP contribution in [0.3, 0.4) is 0 Å². The Hall–Kier alpha value is -1.42. The summed E-state index contributed by atoms with van der Waals surface area (Å²) in [7, 11) is 0.366. The number of nitrogens with zero attached hydrogens (tertiary/aromatic N) is 2. The van der Waals surface area contributed by atoms with Crippen molar-refractivity contribution in [2.75, 3.05) is 20.6 Å². The maximum atomic E-state index is 12.2. The SMILES string of the molecule is Cc1cc(S(=O)(=O)NC(C)CCN(C)C)ccc1C#N. The van der Waals surface area contributed by atoms with E-state index in [9.17, 15) is 8.42 Å². The number of nitriles is 1. The van der Waals surface area contributed by atoms with Crippen LogP contribution in [0.4, 0.5) is 0 Å². The number of nitrogens with one attached hydrogen (secondary N) is 1. The van der Waals surface area contributed by atoms with Crippen molar-refractivity contribution in [3.63, 3.8) is 0 Å². The van der Waals surface area contributed by atoms with E-state index in [1.54, 1.807) is 6.92 Å². The second-order valence-corrected chi connectivity index (χ2v) is 6.92. The molecule has 0 saturated heterocycles. The second kappa shape index (κ2) is 6.84. The van der Waals surface area contributed by atoms with Crippen LogP contribution in [-0.2, 0) is 10.0 Å². The van der Waals surface area contributed by atoms with Gasteiger partial charge in [0, 0.05) is 6.04 Å². The quantitative estimate of drug-likeness (QED) is 0.863. The van der Waals surface area contributed by atoms with E-state index in [1.807, 2.05) is 32.0 Å². The molecule has 5 nitrogen and oxygen atoms in total. The Bertz CT molecular complexity index is 603. The Morgan fingerprint density at radius 1 is 1.40 bits per heavy atom. The lowest BCUT2D eigenvalue weighted by atomic mass is 10.1. The number of hydrogen-bond donors (Lipinski definition) is 1. The van der Waals surface area contributed by atoms with Crippen LogP contribution >= 0.6 is 0 Å². The van der Waals surface area contributed by atoms with E-state index in [1.165, 1.54) is 18.2 Å². The maximum absolute atomic E-state index is 12.2. The zero-order valence-electron chi connectivity index (χ0n) is 12.3. The number of aryl methyl sites for hydroxylation is 1. The van der Waals surface area contributed by atoms with Crippen LogP contribution in [0.1, 0.15) is 24.5 Å². The molecule has 0 bridgehead atoms. The van der Waals surface area contributed by atoms with Crippen LogP contribution in [0.5, 0.6) is 0 Å². The fourth-order valence-corrected chi connectivity index (χ4v) is 3.14. The van der Waals surface area contributed by atoms with E-state index < -0.39 is 10.0 Å². The van der Waals surface area contributed by atoms with Gasteiger partial charge in [0.15, 0.2) is 0 Å². The monoisotopic (exact) mass is 295 g/mol. The van der Waals surface area contributed by atoms with Crippen LogP contribution in [0.25, 0.3) is 0 Å². The van der Waals surface area contributed by atoms with Gasteiger partial charge in [0.25, 0.3) is 0 Å². The maximum Gasteiger partial charge on any atom is 0.240 e. The van der Waals surface area contributed by atoms with Gasteiger partial charge >= 0.3 is 0 Å². The molecule has 0 aliphatic carbocycles. The normalized spacial score (nSPS) is 13.2. The van der Waals surface area contributed by atoms with Crippen LogP contribution in [0.15, 0.2) is 23.1 Å². The van der Waals surface area contributed by atoms with Crippen molar-refractivity contribution in [3.8, 4) is 6.07 Å². The summed E-state index contributed by atoms with van der Waals surface area (Å²) in [6.45, 7) is 4.39. The molecule has 0 aliphatic rings. The number of rotatable bonds is 6. The third kappa shape index (κ3) is 4.60. The molecule has 6 heteroatoms. The molecule has 0 heterocycles. The van der Waals surface area contributed by atoms with E-state index >= 15 is 0 Å². The molecule has 0 saturated carbocycles. The molecule has 20 heavy (non-hydrogen) atoms. The molecule has 0 aromatic heterocycles. The van der Waals surface area contributed by atoms with E-state index in [0.29, 0.717) is 11.1 Å². The first-order valence-corrected chi connectivity index (χ1v) is 7.92. The van der Waals surface area contributed by atoms with Gasteiger partial charge in [-0.3, -0.25) is 0 Å². The predicted octanol–water partition coefficient (Wildman–Crippen LogP) is 1.49. The van der Waals surface area contributed by atoms with Gasteiger partial charge in [-0.25, -0.2) is 13.1 Å². The molecule has 0 fully saturated rings. The van der Waals surface area contributed by atoms with Crippen molar-refractivity contribution in [2.45, 2.75) is 31.2 Å².